The fourth-order valence-electron chi connectivity index (χ4n) is 4.20. The van der Waals surface area contributed by atoms with Gasteiger partial charge in [-0.05, 0) is 57.3 Å². The molecular formula is C17H20ClF2N5O. The number of amides is 1. The second-order valence-corrected chi connectivity index (χ2v) is 7.75. The summed E-state index contributed by atoms with van der Waals surface area (Å²) in [6, 6.07) is 3.64. The summed E-state index contributed by atoms with van der Waals surface area (Å²) in [5, 5.41) is 3.42. The van der Waals surface area contributed by atoms with Crippen LogP contribution in [0.2, 0.25) is 0 Å². The predicted molar refractivity (Wildman–Crippen MR) is 92.5 cm³/mol. The fourth-order valence-corrected chi connectivity index (χ4v) is 4.34. The minimum atomic E-state index is -3.60. The lowest BCUT2D eigenvalue weighted by Gasteiger charge is -2.36. The average molecular weight is 384 g/mol. The lowest BCUT2D eigenvalue weighted by atomic mass is 9.98. The van der Waals surface area contributed by atoms with Gasteiger partial charge in [0.1, 0.15) is 5.69 Å². The lowest BCUT2D eigenvalue weighted by molar-refractivity contribution is 0.0850. The van der Waals surface area contributed by atoms with Crippen molar-refractivity contribution in [3.63, 3.8) is 0 Å². The van der Waals surface area contributed by atoms with E-state index in [1.807, 2.05) is 0 Å². The van der Waals surface area contributed by atoms with Crippen LogP contribution < -0.4 is 5.32 Å². The number of hydrogen-bond acceptors (Lipinski definition) is 4. The Morgan fingerprint density at radius 2 is 1.96 bits per heavy atom. The van der Waals surface area contributed by atoms with Crippen LogP contribution in [0.4, 0.5) is 8.78 Å². The number of carbonyl (C=O) groups is 1. The minimum Gasteiger partial charge on any atom is -0.348 e. The number of halogens is 3. The monoisotopic (exact) mass is 383 g/mol. The van der Waals surface area contributed by atoms with Crippen molar-refractivity contribution in [3.8, 4) is 0 Å². The van der Waals surface area contributed by atoms with E-state index in [0.717, 1.165) is 30.2 Å². The Hall–Kier alpha value is -1.80. The van der Waals surface area contributed by atoms with Gasteiger partial charge < -0.3 is 10.2 Å². The number of carbonyl (C=O) groups excluding carboxylic acids is 1. The molecule has 0 saturated carbocycles. The summed E-state index contributed by atoms with van der Waals surface area (Å²) in [5.41, 5.74) is 0.120. The van der Waals surface area contributed by atoms with E-state index in [4.69, 9.17) is 11.6 Å². The predicted octanol–water partition coefficient (Wildman–Crippen LogP) is 2.68. The highest BCUT2D eigenvalue weighted by Crippen LogP contribution is 2.35. The van der Waals surface area contributed by atoms with E-state index in [-0.39, 0.29) is 23.3 Å². The van der Waals surface area contributed by atoms with E-state index in [1.165, 1.54) is 12.1 Å². The molecule has 1 N–H and O–H groups in total. The van der Waals surface area contributed by atoms with Gasteiger partial charge >= 0.3 is 5.38 Å². The third-order valence-corrected chi connectivity index (χ3v) is 5.71. The van der Waals surface area contributed by atoms with Crippen molar-refractivity contribution in [2.45, 2.75) is 56.1 Å². The van der Waals surface area contributed by atoms with Crippen LogP contribution in [0.3, 0.4) is 0 Å². The number of nitrogens with zero attached hydrogens (tertiary/aromatic N) is 4. The molecule has 6 nitrogen and oxygen atoms in total. The topological polar surface area (TPSA) is 62.5 Å². The standard InChI is InChI=1S/C17H20ClF2N5O/c1-9-5-14(17(18,19)20)25-15(21-9)8-13(23-25)16(26)22-10-6-11-3-4-12(7-10)24(11)2/h5,8,10-12H,3-4,6-7H2,1-2H3,(H,22,26). The molecule has 0 aliphatic carbocycles. The zero-order valence-corrected chi connectivity index (χ0v) is 15.3. The van der Waals surface area contributed by atoms with Crippen molar-refractivity contribution in [1.82, 2.24) is 24.8 Å². The Morgan fingerprint density at radius 3 is 2.58 bits per heavy atom. The Balaban J connectivity index is 1.58. The molecule has 1 amide bonds. The van der Waals surface area contributed by atoms with Gasteiger partial charge in [-0.15, -0.1) is 0 Å². The summed E-state index contributed by atoms with van der Waals surface area (Å²) in [6.45, 7) is 1.59. The molecule has 2 saturated heterocycles. The average Bonchev–Trinajstić information content (AvgIpc) is 3.03. The molecule has 2 unspecified atom stereocenters. The molecular weight excluding hydrogens is 364 g/mol. The normalized spacial score (nSPS) is 26.4. The highest BCUT2D eigenvalue weighted by molar-refractivity contribution is 6.21. The maximum Gasteiger partial charge on any atom is 0.364 e. The first-order valence-electron chi connectivity index (χ1n) is 8.70. The second-order valence-electron chi connectivity index (χ2n) is 7.27. The van der Waals surface area contributed by atoms with Crippen molar-refractivity contribution in [1.29, 1.82) is 0 Å². The van der Waals surface area contributed by atoms with Gasteiger partial charge in [-0.1, -0.05) is 0 Å². The first-order chi connectivity index (χ1) is 12.2. The van der Waals surface area contributed by atoms with Crippen LogP contribution in [-0.4, -0.2) is 50.6 Å². The smallest absolute Gasteiger partial charge is 0.348 e. The number of rotatable bonds is 3. The van der Waals surface area contributed by atoms with Crippen molar-refractivity contribution in [2.24, 2.45) is 0 Å². The Kier molecular flexibility index (Phi) is 4.15. The summed E-state index contributed by atoms with van der Waals surface area (Å²) < 4.78 is 28.2. The molecule has 4 rings (SSSR count). The minimum absolute atomic E-state index is 0.0662. The fraction of sp³-hybridized carbons (Fsp3) is 0.588. The molecule has 9 heteroatoms. The maximum atomic E-state index is 13.6. The maximum absolute atomic E-state index is 13.6. The van der Waals surface area contributed by atoms with Gasteiger partial charge in [0.15, 0.2) is 11.3 Å². The molecule has 4 heterocycles. The van der Waals surface area contributed by atoms with Crippen LogP contribution in [-0.2, 0) is 5.38 Å². The zero-order valence-electron chi connectivity index (χ0n) is 14.5. The number of aryl methyl sites for hydroxylation is 1. The van der Waals surface area contributed by atoms with Gasteiger partial charge in [-0.2, -0.15) is 13.9 Å². The first-order valence-corrected chi connectivity index (χ1v) is 9.07. The number of nitrogens with one attached hydrogen (secondary N) is 1. The van der Waals surface area contributed by atoms with Crippen molar-refractivity contribution in [3.05, 3.63) is 29.2 Å². The van der Waals surface area contributed by atoms with Gasteiger partial charge in [0.05, 0.1) is 0 Å². The number of hydrogen-bond donors (Lipinski definition) is 1. The van der Waals surface area contributed by atoms with Crippen LogP contribution in [0.15, 0.2) is 12.1 Å². The largest absolute Gasteiger partial charge is 0.364 e. The summed E-state index contributed by atoms with van der Waals surface area (Å²) >= 11 is 5.18. The van der Waals surface area contributed by atoms with Crippen LogP contribution in [0, 0.1) is 6.92 Å². The number of alkyl halides is 3. The van der Waals surface area contributed by atoms with E-state index >= 15 is 0 Å². The molecule has 0 aromatic carbocycles. The molecule has 0 radical (unpaired) electrons. The Morgan fingerprint density at radius 1 is 1.31 bits per heavy atom. The van der Waals surface area contributed by atoms with E-state index in [9.17, 15) is 13.6 Å². The molecule has 2 aliphatic rings. The second kappa shape index (κ2) is 6.13. The summed E-state index contributed by atoms with van der Waals surface area (Å²) in [5.74, 6) is -0.369. The van der Waals surface area contributed by atoms with Crippen LogP contribution >= 0.6 is 11.6 Å². The van der Waals surface area contributed by atoms with Crippen molar-refractivity contribution < 1.29 is 13.6 Å². The molecule has 2 bridgehead atoms. The Labute approximate surface area is 154 Å². The molecule has 2 aromatic heterocycles. The van der Waals surface area contributed by atoms with Crippen molar-refractivity contribution >= 4 is 23.2 Å². The van der Waals surface area contributed by atoms with E-state index in [2.05, 4.69) is 27.3 Å². The SMILES string of the molecule is Cc1cc(C(F)(F)Cl)n2nc(C(=O)NC3CC4CCC(C3)N4C)cc2n1. The number of piperidine rings is 1. The highest BCUT2D eigenvalue weighted by Gasteiger charge is 2.39. The van der Waals surface area contributed by atoms with Crippen molar-refractivity contribution in [2.75, 3.05) is 7.05 Å². The third-order valence-electron chi connectivity index (χ3n) is 5.51. The van der Waals surface area contributed by atoms with E-state index < -0.39 is 11.1 Å². The molecule has 140 valence electrons. The molecule has 0 spiro atoms. The van der Waals surface area contributed by atoms with Crippen LogP contribution in [0.1, 0.15) is 47.6 Å². The lowest BCUT2D eigenvalue weighted by Crippen LogP contribution is -2.48. The number of fused-ring (bicyclic) bond motifs is 3. The van der Waals surface area contributed by atoms with Gasteiger partial charge in [-0.25, -0.2) is 9.50 Å². The van der Waals surface area contributed by atoms with E-state index in [0.29, 0.717) is 17.8 Å². The summed E-state index contributed by atoms with van der Waals surface area (Å²) in [7, 11) is 2.13. The third kappa shape index (κ3) is 3.05. The summed E-state index contributed by atoms with van der Waals surface area (Å²) in [6.07, 6.45) is 4.10. The van der Waals surface area contributed by atoms with Gasteiger partial charge in [0.2, 0.25) is 0 Å². The molecule has 2 aromatic rings. The van der Waals surface area contributed by atoms with Gasteiger partial charge in [-0.3, -0.25) is 4.79 Å². The quantitative estimate of drug-likeness (QED) is 0.828. The molecule has 2 atom stereocenters. The van der Waals surface area contributed by atoms with Gasteiger partial charge in [0, 0.05) is 29.9 Å². The zero-order chi connectivity index (χ0) is 18.6. The summed E-state index contributed by atoms with van der Waals surface area (Å²) in [4.78, 5) is 19.1. The van der Waals surface area contributed by atoms with Gasteiger partial charge in [0.25, 0.3) is 5.91 Å². The number of aromatic nitrogens is 3. The van der Waals surface area contributed by atoms with E-state index in [1.54, 1.807) is 6.92 Å². The molecule has 2 aliphatic heterocycles. The molecule has 2 fully saturated rings. The first kappa shape index (κ1) is 17.6. The van der Waals surface area contributed by atoms with Crippen LogP contribution in [0.5, 0.6) is 0 Å². The highest BCUT2D eigenvalue weighted by atomic mass is 35.5. The van der Waals surface area contributed by atoms with Crippen LogP contribution in [0.25, 0.3) is 5.65 Å². The molecule has 26 heavy (non-hydrogen) atoms. The Bertz CT molecular complexity index is 851.